The van der Waals surface area contributed by atoms with E-state index in [1.807, 2.05) is 0 Å². The summed E-state index contributed by atoms with van der Waals surface area (Å²) in [7, 11) is 0. The first-order valence-corrected chi connectivity index (χ1v) is 9.75. The fourth-order valence-electron chi connectivity index (χ4n) is 3.11. The van der Waals surface area contributed by atoms with Gasteiger partial charge in [-0.3, -0.25) is 4.79 Å². The highest BCUT2D eigenvalue weighted by Crippen LogP contribution is 2.31. The summed E-state index contributed by atoms with van der Waals surface area (Å²) in [6.45, 7) is 0.188. The molecule has 0 aliphatic heterocycles. The molecule has 0 aliphatic carbocycles. The van der Waals surface area contributed by atoms with E-state index in [4.69, 9.17) is 21.4 Å². The molecule has 0 amide bonds. The number of rotatable bonds is 7. The van der Waals surface area contributed by atoms with Gasteiger partial charge in [0.2, 0.25) is 0 Å². The number of benzene rings is 3. The molecule has 0 fully saturated rings. The lowest BCUT2D eigenvalue weighted by atomic mass is 10.1. The van der Waals surface area contributed by atoms with Crippen LogP contribution >= 0.6 is 11.6 Å². The molecule has 1 aromatic heterocycles. The molecule has 8 heteroatoms. The van der Waals surface area contributed by atoms with Crippen molar-refractivity contribution in [2.75, 3.05) is 5.32 Å². The van der Waals surface area contributed by atoms with E-state index in [0.717, 1.165) is 0 Å². The van der Waals surface area contributed by atoms with Gasteiger partial charge in [0.05, 0.1) is 17.0 Å². The minimum Gasteiger partial charge on any atom is -0.487 e. The number of carboxylic acids is 1. The van der Waals surface area contributed by atoms with Crippen LogP contribution in [0.15, 0.2) is 67.0 Å². The van der Waals surface area contributed by atoms with Crippen molar-refractivity contribution in [3.63, 3.8) is 0 Å². The van der Waals surface area contributed by atoms with Crippen LogP contribution in [0.3, 0.4) is 0 Å². The Morgan fingerprint density at radius 3 is 2.71 bits per heavy atom. The summed E-state index contributed by atoms with van der Waals surface area (Å²) >= 11 is 6.36. The number of fused-ring (bicyclic) bond motifs is 1. The van der Waals surface area contributed by atoms with Gasteiger partial charge in [0.1, 0.15) is 30.3 Å². The number of nitrogens with one attached hydrogen (secondary N) is 1. The molecule has 0 saturated heterocycles. The maximum absolute atomic E-state index is 13.3. The van der Waals surface area contributed by atoms with E-state index < -0.39 is 5.97 Å². The van der Waals surface area contributed by atoms with Gasteiger partial charge in [-0.25, -0.2) is 14.4 Å². The molecule has 3 aromatic carbocycles. The zero-order valence-corrected chi connectivity index (χ0v) is 16.9. The largest absolute Gasteiger partial charge is 0.487 e. The standard InChI is InChI=1S/C23H17ClFN3O3/c24-19-11-17(5-7-21(19)31-12-15-2-1-3-16(25)8-15)28-23-18-9-14(10-22(29)30)4-6-20(18)26-13-27-23/h1-9,11,13H,10,12H2,(H,29,30)(H,26,27,28). The van der Waals surface area contributed by atoms with Crippen molar-refractivity contribution >= 4 is 40.0 Å². The van der Waals surface area contributed by atoms with Crippen molar-refractivity contribution < 1.29 is 19.0 Å². The first-order valence-electron chi connectivity index (χ1n) is 9.37. The SMILES string of the molecule is O=C(O)Cc1ccc2ncnc(Nc3ccc(OCc4cccc(F)c4)c(Cl)c3)c2c1. The summed E-state index contributed by atoms with van der Waals surface area (Å²) in [6.07, 6.45) is 1.34. The summed E-state index contributed by atoms with van der Waals surface area (Å²) in [4.78, 5) is 19.5. The molecule has 0 spiro atoms. The molecule has 4 rings (SSSR count). The Hall–Kier alpha value is -3.71. The maximum atomic E-state index is 13.3. The summed E-state index contributed by atoms with van der Waals surface area (Å²) in [6, 6.07) is 16.6. The average molecular weight is 438 g/mol. The van der Waals surface area contributed by atoms with Crippen LogP contribution in [0, 0.1) is 5.82 Å². The monoisotopic (exact) mass is 437 g/mol. The highest BCUT2D eigenvalue weighted by atomic mass is 35.5. The van der Waals surface area contributed by atoms with E-state index in [1.54, 1.807) is 48.5 Å². The van der Waals surface area contributed by atoms with Gasteiger partial charge in [-0.2, -0.15) is 0 Å². The number of carbonyl (C=O) groups is 1. The van der Waals surface area contributed by atoms with E-state index in [1.165, 1.54) is 18.5 Å². The van der Waals surface area contributed by atoms with Crippen LogP contribution in [-0.2, 0) is 17.8 Å². The van der Waals surface area contributed by atoms with Crippen molar-refractivity contribution in [3.8, 4) is 5.75 Å². The molecule has 0 saturated carbocycles. The second-order valence-electron chi connectivity index (χ2n) is 6.83. The molecule has 156 valence electrons. The zero-order chi connectivity index (χ0) is 21.8. The summed E-state index contributed by atoms with van der Waals surface area (Å²) < 4.78 is 19.0. The molecule has 0 unspecified atom stereocenters. The minimum absolute atomic E-state index is 0.0898. The van der Waals surface area contributed by atoms with Gasteiger partial charge in [-0.15, -0.1) is 0 Å². The number of aliphatic carboxylic acids is 1. The molecule has 6 nitrogen and oxygen atoms in total. The second-order valence-corrected chi connectivity index (χ2v) is 7.24. The molecule has 0 atom stereocenters. The smallest absolute Gasteiger partial charge is 0.307 e. The van der Waals surface area contributed by atoms with E-state index in [0.29, 0.717) is 44.3 Å². The minimum atomic E-state index is -0.911. The topological polar surface area (TPSA) is 84.3 Å². The molecule has 1 heterocycles. The van der Waals surface area contributed by atoms with Crippen LogP contribution in [0.4, 0.5) is 15.9 Å². The van der Waals surface area contributed by atoms with E-state index in [2.05, 4.69) is 15.3 Å². The Bertz CT molecular complexity index is 1270. The number of carboxylic acid groups (broad SMARTS) is 1. The third-order valence-electron chi connectivity index (χ3n) is 4.53. The number of halogens is 2. The number of nitrogens with zero attached hydrogens (tertiary/aromatic N) is 2. The molecule has 4 aromatic rings. The summed E-state index contributed by atoms with van der Waals surface area (Å²) in [5.41, 5.74) is 2.71. The number of hydrogen-bond donors (Lipinski definition) is 2. The zero-order valence-electron chi connectivity index (χ0n) is 16.2. The van der Waals surface area contributed by atoms with Crippen molar-refractivity contribution in [1.29, 1.82) is 0 Å². The number of ether oxygens (including phenoxy) is 1. The number of aromatic nitrogens is 2. The fourth-order valence-corrected chi connectivity index (χ4v) is 3.34. The predicted octanol–water partition coefficient (Wildman–Crippen LogP) is 5.37. The Kier molecular flexibility index (Phi) is 5.95. The highest BCUT2D eigenvalue weighted by molar-refractivity contribution is 6.32. The lowest BCUT2D eigenvalue weighted by Gasteiger charge is -2.12. The maximum Gasteiger partial charge on any atom is 0.307 e. The molecule has 0 bridgehead atoms. The van der Waals surface area contributed by atoms with Crippen molar-refractivity contribution in [2.45, 2.75) is 13.0 Å². The number of hydrogen-bond acceptors (Lipinski definition) is 5. The Morgan fingerprint density at radius 2 is 1.94 bits per heavy atom. The highest BCUT2D eigenvalue weighted by Gasteiger charge is 2.09. The summed E-state index contributed by atoms with van der Waals surface area (Å²) in [5.74, 6) is -0.240. The average Bonchev–Trinajstić information content (AvgIpc) is 2.73. The van der Waals surface area contributed by atoms with Gasteiger partial charge in [-0.05, 0) is 53.6 Å². The summed E-state index contributed by atoms with van der Waals surface area (Å²) in [5, 5.41) is 13.3. The predicted molar refractivity (Wildman–Crippen MR) is 116 cm³/mol. The number of anilines is 2. The quantitative estimate of drug-likeness (QED) is 0.404. The van der Waals surface area contributed by atoms with Crippen LogP contribution < -0.4 is 10.1 Å². The van der Waals surface area contributed by atoms with E-state index in [9.17, 15) is 9.18 Å². The van der Waals surface area contributed by atoms with Crippen molar-refractivity contribution in [3.05, 3.63) is 89.0 Å². The van der Waals surface area contributed by atoms with Crippen molar-refractivity contribution in [1.82, 2.24) is 9.97 Å². The van der Waals surface area contributed by atoms with Gasteiger partial charge in [-0.1, -0.05) is 29.8 Å². The third kappa shape index (κ3) is 5.07. The molecular weight excluding hydrogens is 421 g/mol. The van der Waals surface area contributed by atoms with Gasteiger partial charge < -0.3 is 15.2 Å². The lowest BCUT2D eigenvalue weighted by Crippen LogP contribution is -2.01. The van der Waals surface area contributed by atoms with Crippen LogP contribution in [-0.4, -0.2) is 21.0 Å². The lowest BCUT2D eigenvalue weighted by molar-refractivity contribution is -0.136. The third-order valence-corrected chi connectivity index (χ3v) is 4.83. The molecular formula is C23H17ClFN3O3. The van der Waals surface area contributed by atoms with E-state index in [-0.39, 0.29) is 18.8 Å². The second kappa shape index (κ2) is 8.97. The van der Waals surface area contributed by atoms with Gasteiger partial charge in [0, 0.05) is 11.1 Å². The molecule has 0 radical (unpaired) electrons. The first kappa shape index (κ1) is 20.6. The molecule has 0 aliphatic rings. The van der Waals surface area contributed by atoms with Crippen LogP contribution in [0.5, 0.6) is 5.75 Å². The van der Waals surface area contributed by atoms with E-state index >= 15 is 0 Å². The molecule has 31 heavy (non-hydrogen) atoms. The fraction of sp³-hybridized carbons (Fsp3) is 0.0870. The van der Waals surface area contributed by atoms with Crippen LogP contribution in [0.25, 0.3) is 10.9 Å². The normalized spacial score (nSPS) is 10.8. The van der Waals surface area contributed by atoms with Crippen molar-refractivity contribution in [2.24, 2.45) is 0 Å². The molecule has 2 N–H and O–H groups in total. The van der Waals surface area contributed by atoms with Gasteiger partial charge >= 0.3 is 5.97 Å². The Morgan fingerprint density at radius 1 is 1.06 bits per heavy atom. The van der Waals surface area contributed by atoms with Crippen LogP contribution in [0.2, 0.25) is 5.02 Å². The first-order chi connectivity index (χ1) is 15.0. The van der Waals surface area contributed by atoms with Gasteiger partial charge in [0.25, 0.3) is 0 Å². The Balaban J connectivity index is 1.53. The van der Waals surface area contributed by atoms with Crippen LogP contribution in [0.1, 0.15) is 11.1 Å². The Labute approximate surface area is 182 Å². The van der Waals surface area contributed by atoms with Gasteiger partial charge in [0.15, 0.2) is 0 Å².